The van der Waals surface area contributed by atoms with Crippen LogP contribution in [0.15, 0.2) is 36.4 Å². The molecule has 130 valence electrons. The maximum absolute atomic E-state index is 13.2. The van der Waals surface area contributed by atoms with Gasteiger partial charge in [0.15, 0.2) is 17.5 Å². The summed E-state index contributed by atoms with van der Waals surface area (Å²) in [5.41, 5.74) is 2.68. The number of hydrogen-bond acceptors (Lipinski definition) is 2. The second-order valence-corrected chi connectivity index (χ2v) is 6.31. The third kappa shape index (κ3) is 5.08. The van der Waals surface area contributed by atoms with Gasteiger partial charge < -0.3 is 5.32 Å². The van der Waals surface area contributed by atoms with Crippen molar-refractivity contribution in [2.24, 2.45) is 0 Å². The van der Waals surface area contributed by atoms with Crippen LogP contribution in [0, 0.1) is 17.5 Å². The topological polar surface area (TPSA) is 15.3 Å². The average molecular weight is 336 g/mol. The molecule has 0 fully saturated rings. The largest absolute Gasteiger partial charge is 0.309 e. The first kappa shape index (κ1) is 18.5. The summed E-state index contributed by atoms with van der Waals surface area (Å²) in [6.45, 7) is 5.99. The van der Waals surface area contributed by atoms with Crippen LogP contribution in [-0.4, -0.2) is 18.0 Å². The second-order valence-electron chi connectivity index (χ2n) is 6.31. The minimum Gasteiger partial charge on any atom is -0.309 e. The van der Waals surface area contributed by atoms with Crippen molar-refractivity contribution in [2.45, 2.75) is 39.5 Å². The molecule has 0 aliphatic rings. The Bertz CT molecular complexity index is 663. The fourth-order valence-electron chi connectivity index (χ4n) is 2.37. The van der Waals surface area contributed by atoms with Crippen molar-refractivity contribution in [2.75, 3.05) is 7.05 Å². The fourth-order valence-corrected chi connectivity index (χ4v) is 2.37. The van der Waals surface area contributed by atoms with Crippen LogP contribution >= 0.6 is 0 Å². The zero-order valence-corrected chi connectivity index (χ0v) is 14.2. The lowest BCUT2D eigenvalue weighted by Gasteiger charge is -2.21. The number of rotatable bonds is 7. The van der Waals surface area contributed by atoms with Crippen LogP contribution in [0.2, 0.25) is 0 Å². The summed E-state index contributed by atoms with van der Waals surface area (Å²) < 4.78 is 39.3. The van der Waals surface area contributed by atoms with E-state index in [2.05, 4.69) is 43.2 Å². The lowest BCUT2D eigenvalue weighted by Crippen LogP contribution is -2.25. The highest BCUT2D eigenvalue weighted by Crippen LogP contribution is 2.14. The predicted molar refractivity (Wildman–Crippen MR) is 89.9 cm³/mol. The molecule has 1 N–H and O–H groups in total. The second kappa shape index (κ2) is 8.31. The molecular weight excluding hydrogens is 313 g/mol. The molecule has 0 saturated heterocycles. The van der Waals surface area contributed by atoms with Crippen molar-refractivity contribution >= 4 is 0 Å². The Kier molecular flexibility index (Phi) is 6.40. The molecule has 0 atom stereocenters. The zero-order chi connectivity index (χ0) is 17.7. The molecule has 0 heterocycles. The summed E-state index contributed by atoms with van der Waals surface area (Å²) in [5, 5.41) is 3.13. The van der Waals surface area contributed by atoms with Crippen molar-refractivity contribution in [3.8, 4) is 0 Å². The molecule has 0 aromatic heterocycles. The highest BCUT2D eigenvalue weighted by atomic mass is 19.2. The van der Waals surface area contributed by atoms with Gasteiger partial charge in [0.1, 0.15) is 0 Å². The van der Waals surface area contributed by atoms with Gasteiger partial charge in [0.2, 0.25) is 0 Å². The van der Waals surface area contributed by atoms with Crippen LogP contribution < -0.4 is 5.32 Å². The molecule has 0 aliphatic carbocycles. The van der Waals surface area contributed by atoms with Crippen molar-refractivity contribution in [1.29, 1.82) is 0 Å². The van der Waals surface area contributed by atoms with E-state index in [9.17, 15) is 13.2 Å². The van der Waals surface area contributed by atoms with Crippen LogP contribution in [0.5, 0.6) is 0 Å². The van der Waals surface area contributed by atoms with Gasteiger partial charge in [0.25, 0.3) is 0 Å². The molecule has 0 saturated carbocycles. The summed E-state index contributed by atoms with van der Waals surface area (Å²) in [4.78, 5) is 2.25. The smallest absolute Gasteiger partial charge is 0.194 e. The van der Waals surface area contributed by atoms with E-state index >= 15 is 0 Å². The highest BCUT2D eigenvalue weighted by Gasteiger charge is 2.10. The molecule has 0 unspecified atom stereocenters. The number of nitrogens with zero attached hydrogens (tertiary/aromatic N) is 1. The quantitative estimate of drug-likeness (QED) is 0.761. The van der Waals surface area contributed by atoms with E-state index in [1.807, 2.05) is 12.1 Å². The van der Waals surface area contributed by atoms with E-state index in [-0.39, 0.29) is 6.54 Å². The van der Waals surface area contributed by atoms with E-state index in [1.165, 1.54) is 5.56 Å². The van der Waals surface area contributed by atoms with Gasteiger partial charge in [-0.2, -0.15) is 0 Å². The Hall–Kier alpha value is -1.85. The first-order chi connectivity index (χ1) is 11.4. The van der Waals surface area contributed by atoms with Gasteiger partial charge in [-0.15, -0.1) is 0 Å². The van der Waals surface area contributed by atoms with Crippen molar-refractivity contribution in [1.82, 2.24) is 10.2 Å². The van der Waals surface area contributed by atoms with E-state index in [0.717, 1.165) is 24.2 Å². The molecule has 0 aliphatic heterocycles. The number of benzene rings is 2. The average Bonchev–Trinajstić information content (AvgIpc) is 2.52. The Balaban J connectivity index is 1.93. The van der Waals surface area contributed by atoms with Crippen molar-refractivity contribution in [3.05, 3.63) is 70.5 Å². The molecule has 2 rings (SSSR count). The maximum atomic E-state index is 13.2. The molecule has 0 radical (unpaired) electrons. The number of hydrogen-bond donors (Lipinski definition) is 1. The summed E-state index contributed by atoms with van der Waals surface area (Å²) in [6.07, 6.45) is 0. The summed E-state index contributed by atoms with van der Waals surface area (Å²) >= 11 is 0. The first-order valence-electron chi connectivity index (χ1n) is 7.99. The van der Waals surface area contributed by atoms with Gasteiger partial charge >= 0.3 is 0 Å². The standard InChI is InChI=1S/C19H23F3N2/c1-13(2)24(3)12-15-6-4-5-14(7-15)10-23-11-16-8-17(20)19(22)18(21)9-16/h4-9,13,23H,10-12H2,1-3H3. The molecule has 0 spiro atoms. The van der Waals surface area contributed by atoms with Crippen LogP contribution in [0.25, 0.3) is 0 Å². The maximum Gasteiger partial charge on any atom is 0.194 e. The minimum atomic E-state index is -1.43. The molecular formula is C19H23F3N2. The summed E-state index contributed by atoms with van der Waals surface area (Å²) in [5.74, 6) is -3.75. The van der Waals surface area contributed by atoms with E-state index in [1.54, 1.807) is 0 Å². The third-order valence-electron chi connectivity index (χ3n) is 4.01. The minimum absolute atomic E-state index is 0.268. The SMILES string of the molecule is CC(C)N(C)Cc1cccc(CNCc2cc(F)c(F)c(F)c2)c1. The Labute approximate surface area is 141 Å². The normalized spacial score (nSPS) is 11.5. The van der Waals surface area contributed by atoms with E-state index in [4.69, 9.17) is 0 Å². The monoisotopic (exact) mass is 336 g/mol. The number of nitrogens with one attached hydrogen (secondary N) is 1. The van der Waals surface area contributed by atoms with Gasteiger partial charge in [-0.1, -0.05) is 24.3 Å². The van der Waals surface area contributed by atoms with Crippen molar-refractivity contribution in [3.63, 3.8) is 0 Å². The molecule has 24 heavy (non-hydrogen) atoms. The van der Waals surface area contributed by atoms with Crippen LogP contribution in [0.1, 0.15) is 30.5 Å². The molecule has 2 nitrogen and oxygen atoms in total. The summed E-state index contributed by atoms with van der Waals surface area (Å²) in [7, 11) is 2.08. The lowest BCUT2D eigenvalue weighted by atomic mass is 10.1. The van der Waals surface area contributed by atoms with Gasteiger partial charge in [0, 0.05) is 25.7 Å². The Morgan fingerprint density at radius 2 is 1.50 bits per heavy atom. The van der Waals surface area contributed by atoms with Crippen LogP contribution in [0.4, 0.5) is 13.2 Å². The van der Waals surface area contributed by atoms with Crippen LogP contribution in [-0.2, 0) is 19.6 Å². The molecule has 2 aromatic carbocycles. The molecule has 5 heteroatoms. The Morgan fingerprint density at radius 3 is 2.12 bits per heavy atom. The predicted octanol–water partition coefficient (Wildman–Crippen LogP) is 4.23. The van der Waals surface area contributed by atoms with Crippen molar-refractivity contribution < 1.29 is 13.2 Å². The third-order valence-corrected chi connectivity index (χ3v) is 4.01. The summed E-state index contributed by atoms with van der Waals surface area (Å²) in [6, 6.07) is 10.7. The zero-order valence-electron chi connectivity index (χ0n) is 14.2. The number of halogens is 3. The van der Waals surface area contributed by atoms with Gasteiger partial charge in [-0.3, -0.25) is 4.90 Å². The van der Waals surface area contributed by atoms with Crippen LogP contribution in [0.3, 0.4) is 0 Å². The van der Waals surface area contributed by atoms with E-state index in [0.29, 0.717) is 18.2 Å². The fraction of sp³-hybridized carbons (Fsp3) is 0.368. The Morgan fingerprint density at radius 1 is 0.917 bits per heavy atom. The van der Waals surface area contributed by atoms with Gasteiger partial charge in [0.05, 0.1) is 0 Å². The molecule has 0 bridgehead atoms. The van der Waals surface area contributed by atoms with Gasteiger partial charge in [-0.05, 0) is 49.7 Å². The lowest BCUT2D eigenvalue weighted by molar-refractivity contribution is 0.266. The van der Waals surface area contributed by atoms with E-state index < -0.39 is 17.5 Å². The molecule has 2 aromatic rings. The van der Waals surface area contributed by atoms with Gasteiger partial charge in [-0.25, -0.2) is 13.2 Å². The highest BCUT2D eigenvalue weighted by molar-refractivity contribution is 5.24. The molecule has 0 amide bonds. The first-order valence-corrected chi connectivity index (χ1v) is 7.99.